The SMILES string of the molecule is CCCOc1ccc(C(O)=C2C(=O)C(=O)N(Cc3ccc(C)cc3)[C@@H]2c2ccc(C)cc2)c(C)c1. The minimum atomic E-state index is -0.688. The van der Waals surface area contributed by atoms with E-state index < -0.39 is 17.7 Å². The average molecular weight is 470 g/mol. The number of Topliss-reactive ketones (excluding diaryl/α,β-unsaturated/α-hetero) is 1. The molecule has 1 aliphatic rings. The van der Waals surface area contributed by atoms with Crippen LogP contribution < -0.4 is 4.74 Å². The number of benzene rings is 3. The molecule has 3 aromatic carbocycles. The van der Waals surface area contributed by atoms with Crippen molar-refractivity contribution in [1.29, 1.82) is 0 Å². The van der Waals surface area contributed by atoms with Gasteiger partial charge in [0.25, 0.3) is 11.7 Å². The molecule has 5 heteroatoms. The summed E-state index contributed by atoms with van der Waals surface area (Å²) in [5.41, 5.74) is 5.28. The van der Waals surface area contributed by atoms with Crippen LogP contribution in [0, 0.1) is 20.8 Å². The number of aryl methyl sites for hydroxylation is 3. The number of aliphatic hydroxyl groups is 1. The second-order valence-electron chi connectivity index (χ2n) is 9.15. The van der Waals surface area contributed by atoms with Gasteiger partial charge in [0.2, 0.25) is 0 Å². The molecule has 5 nitrogen and oxygen atoms in total. The Balaban J connectivity index is 1.81. The van der Waals surface area contributed by atoms with Gasteiger partial charge in [-0.05, 0) is 62.1 Å². The minimum absolute atomic E-state index is 0.108. The van der Waals surface area contributed by atoms with Gasteiger partial charge in [-0.15, -0.1) is 0 Å². The van der Waals surface area contributed by atoms with Crippen molar-refractivity contribution in [3.63, 3.8) is 0 Å². The number of ketones is 1. The number of carbonyl (C=O) groups excluding carboxylic acids is 2. The lowest BCUT2D eigenvalue weighted by Gasteiger charge is -2.26. The van der Waals surface area contributed by atoms with Crippen molar-refractivity contribution in [2.75, 3.05) is 6.61 Å². The largest absolute Gasteiger partial charge is 0.507 e. The summed E-state index contributed by atoms with van der Waals surface area (Å²) >= 11 is 0. The van der Waals surface area contributed by atoms with Crippen LogP contribution in [0.3, 0.4) is 0 Å². The van der Waals surface area contributed by atoms with Crippen LogP contribution in [0.1, 0.15) is 52.8 Å². The van der Waals surface area contributed by atoms with Crippen molar-refractivity contribution in [2.45, 2.75) is 46.7 Å². The third kappa shape index (κ3) is 4.99. The molecule has 1 amide bonds. The number of carbonyl (C=O) groups is 2. The molecule has 1 saturated heterocycles. The molecule has 0 unspecified atom stereocenters. The van der Waals surface area contributed by atoms with Gasteiger partial charge in [-0.1, -0.05) is 66.6 Å². The van der Waals surface area contributed by atoms with Crippen molar-refractivity contribution in [3.05, 3.63) is 106 Å². The van der Waals surface area contributed by atoms with Crippen LogP contribution in [-0.4, -0.2) is 28.3 Å². The lowest BCUT2D eigenvalue weighted by Crippen LogP contribution is -2.29. The number of hydrogen-bond donors (Lipinski definition) is 1. The lowest BCUT2D eigenvalue weighted by atomic mass is 9.93. The zero-order valence-electron chi connectivity index (χ0n) is 20.7. The smallest absolute Gasteiger partial charge is 0.295 e. The summed E-state index contributed by atoms with van der Waals surface area (Å²) in [5.74, 6) is -0.750. The molecule has 4 rings (SSSR count). The Bertz CT molecular complexity index is 1270. The standard InChI is InChI=1S/C30H31NO4/c1-5-16-35-24-14-15-25(21(4)17-24)28(32)26-27(23-12-8-20(3)9-13-23)31(30(34)29(26)33)18-22-10-6-19(2)7-11-22/h6-15,17,27,32H,5,16,18H2,1-4H3/t27-/m1/s1. The van der Waals surface area contributed by atoms with Gasteiger partial charge in [-0.2, -0.15) is 0 Å². The first-order valence-electron chi connectivity index (χ1n) is 11.9. The van der Waals surface area contributed by atoms with Crippen molar-refractivity contribution in [2.24, 2.45) is 0 Å². The van der Waals surface area contributed by atoms with Gasteiger partial charge in [0, 0.05) is 12.1 Å². The predicted octanol–water partition coefficient (Wildman–Crippen LogP) is 6.02. The van der Waals surface area contributed by atoms with E-state index in [2.05, 4.69) is 0 Å². The second kappa shape index (κ2) is 10.2. The summed E-state index contributed by atoms with van der Waals surface area (Å²) in [5, 5.41) is 11.4. The number of likely N-dealkylation sites (tertiary alicyclic amines) is 1. The highest BCUT2D eigenvalue weighted by Crippen LogP contribution is 2.41. The molecule has 3 aromatic rings. The van der Waals surface area contributed by atoms with Crippen LogP contribution >= 0.6 is 0 Å². The fraction of sp³-hybridized carbons (Fsp3) is 0.267. The second-order valence-corrected chi connectivity index (χ2v) is 9.15. The first-order valence-corrected chi connectivity index (χ1v) is 11.9. The first-order chi connectivity index (χ1) is 16.8. The summed E-state index contributed by atoms with van der Waals surface area (Å²) in [6.07, 6.45) is 0.891. The van der Waals surface area contributed by atoms with E-state index in [0.717, 1.165) is 34.2 Å². The van der Waals surface area contributed by atoms with Crippen LogP contribution in [0.4, 0.5) is 0 Å². The zero-order valence-corrected chi connectivity index (χ0v) is 20.7. The maximum atomic E-state index is 13.3. The Morgan fingerprint density at radius 1 is 0.914 bits per heavy atom. The topological polar surface area (TPSA) is 66.8 Å². The van der Waals surface area contributed by atoms with Crippen LogP contribution in [0.2, 0.25) is 0 Å². The van der Waals surface area contributed by atoms with Crippen molar-refractivity contribution < 1.29 is 19.4 Å². The molecule has 1 atom stereocenters. The summed E-state index contributed by atoms with van der Waals surface area (Å²) in [7, 11) is 0. The van der Waals surface area contributed by atoms with E-state index in [0.29, 0.717) is 17.9 Å². The molecule has 1 fully saturated rings. The van der Waals surface area contributed by atoms with E-state index in [-0.39, 0.29) is 17.9 Å². The molecule has 0 radical (unpaired) electrons. The predicted molar refractivity (Wildman–Crippen MR) is 137 cm³/mol. The molecule has 1 N–H and O–H groups in total. The van der Waals surface area contributed by atoms with E-state index >= 15 is 0 Å². The number of ether oxygens (including phenoxy) is 1. The van der Waals surface area contributed by atoms with E-state index in [9.17, 15) is 14.7 Å². The Hall–Kier alpha value is -3.86. The first kappa shape index (κ1) is 24.3. The normalized spacial score (nSPS) is 17.1. The molecule has 0 aromatic heterocycles. The van der Waals surface area contributed by atoms with Crippen LogP contribution in [-0.2, 0) is 16.1 Å². The van der Waals surface area contributed by atoms with Crippen molar-refractivity contribution in [1.82, 2.24) is 4.90 Å². The average Bonchev–Trinajstić information content (AvgIpc) is 3.09. The third-order valence-corrected chi connectivity index (χ3v) is 6.33. The van der Waals surface area contributed by atoms with Crippen molar-refractivity contribution >= 4 is 17.4 Å². The van der Waals surface area contributed by atoms with Crippen molar-refractivity contribution in [3.8, 4) is 5.75 Å². The summed E-state index contributed by atoms with van der Waals surface area (Å²) in [6, 6.07) is 20.3. The fourth-order valence-corrected chi connectivity index (χ4v) is 4.39. The summed E-state index contributed by atoms with van der Waals surface area (Å²) < 4.78 is 5.70. The highest BCUT2D eigenvalue weighted by atomic mass is 16.5. The molecule has 0 saturated carbocycles. The fourth-order valence-electron chi connectivity index (χ4n) is 4.39. The minimum Gasteiger partial charge on any atom is -0.507 e. The van der Waals surface area contributed by atoms with Gasteiger partial charge >= 0.3 is 0 Å². The molecule has 1 aliphatic heterocycles. The van der Waals surface area contributed by atoms with E-state index in [1.807, 2.05) is 82.3 Å². The molecule has 1 heterocycles. The summed E-state index contributed by atoms with van der Waals surface area (Å²) in [4.78, 5) is 28.1. The number of aliphatic hydroxyl groups excluding tert-OH is 1. The number of nitrogens with zero attached hydrogens (tertiary/aromatic N) is 1. The highest BCUT2D eigenvalue weighted by molar-refractivity contribution is 6.46. The molecule has 180 valence electrons. The maximum absolute atomic E-state index is 13.3. The number of rotatable bonds is 7. The van der Waals surface area contributed by atoms with Crippen LogP contribution in [0.25, 0.3) is 5.76 Å². The number of hydrogen-bond acceptors (Lipinski definition) is 4. The van der Waals surface area contributed by atoms with Gasteiger partial charge in [0.05, 0.1) is 18.2 Å². The third-order valence-electron chi connectivity index (χ3n) is 6.33. The Morgan fingerprint density at radius 2 is 1.54 bits per heavy atom. The summed E-state index contributed by atoms with van der Waals surface area (Å²) in [6.45, 7) is 8.75. The monoisotopic (exact) mass is 469 g/mol. The van der Waals surface area contributed by atoms with Crippen LogP contribution in [0.15, 0.2) is 72.3 Å². The van der Waals surface area contributed by atoms with E-state index in [4.69, 9.17) is 4.74 Å². The Morgan fingerprint density at radius 3 is 2.14 bits per heavy atom. The maximum Gasteiger partial charge on any atom is 0.295 e. The number of amides is 1. The van der Waals surface area contributed by atoms with Gasteiger partial charge in [0.15, 0.2) is 0 Å². The molecule has 35 heavy (non-hydrogen) atoms. The molecule has 0 spiro atoms. The Labute approximate surface area is 206 Å². The molecular weight excluding hydrogens is 438 g/mol. The van der Waals surface area contributed by atoms with Gasteiger partial charge in [0.1, 0.15) is 11.5 Å². The highest BCUT2D eigenvalue weighted by Gasteiger charge is 2.46. The molecular formula is C30H31NO4. The molecule has 0 aliphatic carbocycles. The molecule has 0 bridgehead atoms. The van der Waals surface area contributed by atoms with E-state index in [1.54, 1.807) is 17.0 Å². The lowest BCUT2D eigenvalue weighted by molar-refractivity contribution is -0.140. The quantitative estimate of drug-likeness (QED) is 0.261. The zero-order chi connectivity index (χ0) is 25.1. The van der Waals surface area contributed by atoms with Crippen LogP contribution in [0.5, 0.6) is 5.75 Å². The van der Waals surface area contributed by atoms with Gasteiger partial charge < -0.3 is 14.7 Å². The Kier molecular flexibility index (Phi) is 7.06. The van der Waals surface area contributed by atoms with Gasteiger partial charge in [-0.25, -0.2) is 0 Å². The van der Waals surface area contributed by atoms with Gasteiger partial charge in [-0.3, -0.25) is 9.59 Å². The van der Waals surface area contributed by atoms with E-state index in [1.165, 1.54) is 0 Å².